The molecule has 0 unspecified atom stereocenters. The van der Waals surface area contributed by atoms with Crippen molar-refractivity contribution in [2.75, 3.05) is 5.32 Å². The highest BCUT2D eigenvalue weighted by molar-refractivity contribution is 7.80. The van der Waals surface area contributed by atoms with Crippen molar-refractivity contribution >= 4 is 61.9 Å². The first-order chi connectivity index (χ1) is 12.0. The minimum atomic E-state index is -0.296. The van der Waals surface area contributed by atoms with E-state index in [9.17, 15) is 4.79 Å². The van der Waals surface area contributed by atoms with E-state index in [1.54, 1.807) is 0 Å². The van der Waals surface area contributed by atoms with Gasteiger partial charge < -0.3 is 5.32 Å². The molecule has 1 heterocycles. The van der Waals surface area contributed by atoms with Gasteiger partial charge in [0.25, 0.3) is 5.91 Å². The molecule has 2 aromatic carbocycles. The zero-order chi connectivity index (χ0) is 18.0. The van der Waals surface area contributed by atoms with Gasteiger partial charge in [0.05, 0.1) is 5.02 Å². The van der Waals surface area contributed by atoms with Crippen LogP contribution in [0.25, 0.3) is 10.1 Å². The number of benzene rings is 2. The van der Waals surface area contributed by atoms with Crippen LogP contribution < -0.4 is 10.6 Å². The van der Waals surface area contributed by atoms with Crippen LogP contribution in [0.3, 0.4) is 0 Å². The van der Waals surface area contributed by atoms with Crippen LogP contribution in [0.4, 0.5) is 5.69 Å². The first-order valence-corrected chi connectivity index (χ1v) is 9.49. The van der Waals surface area contributed by atoms with E-state index in [2.05, 4.69) is 17.6 Å². The third kappa shape index (κ3) is 3.68. The van der Waals surface area contributed by atoms with E-state index in [1.165, 1.54) is 11.3 Å². The molecular formula is C19H17ClN2OS2. The molecule has 1 aromatic heterocycles. The van der Waals surface area contributed by atoms with Crippen molar-refractivity contribution in [2.45, 2.75) is 20.3 Å². The summed E-state index contributed by atoms with van der Waals surface area (Å²) in [5.74, 6) is -0.296. The van der Waals surface area contributed by atoms with Gasteiger partial charge in [-0.25, -0.2) is 0 Å². The van der Waals surface area contributed by atoms with Crippen LogP contribution >= 0.6 is 35.2 Å². The average Bonchev–Trinajstić information content (AvgIpc) is 2.94. The molecule has 0 aliphatic rings. The summed E-state index contributed by atoms with van der Waals surface area (Å²) in [7, 11) is 0. The summed E-state index contributed by atoms with van der Waals surface area (Å²) in [5, 5.41) is 7.49. The summed E-state index contributed by atoms with van der Waals surface area (Å²) in [5.41, 5.74) is 3.17. The van der Waals surface area contributed by atoms with Gasteiger partial charge in [0.1, 0.15) is 4.88 Å². The molecular weight excluding hydrogens is 372 g/mol. The maximum Gasteiger partial charge on any atom is 0.269 e. The van der Waals surface area contributed by atoms with Crippen LogP contribution in [0.2, 0.25) is 5.02 Å². The van der Waals surface area contributed by atoms with E-state index in [0.29, 0.717) is 9.90 Å². The van der Waals surface area contributed by atoms with Crippen molar-refractivity contribution in [1.29, 1.82) is 0 Å². The Morgan fingerprint density at radius 3 is 2.68 bits per heavy atom. The number of nitrogens with one attached hydrogen (secondary N) is 2. The van der Waals surface area contributed by atoms with Crippen LogP contribution in [0.5, 0.6) is 0 Å². The van der Waals surface area contributed by atoms with Gasteiger partial charge in [-0.15, -0.1) is 11.3 Å². The Balaban J connectivity index is 1.79. The molecule has 0 spiro atoms. The number of carbonyl (C=O) groups is 1. The second-order valence-corrected chi connectivity index (χ2v) is 7.45. The monoisotopic (exact) mass is 388 g/mol. The predicted octanol–water partition coefficient (Wildman–Crippen LogP) is 5.55. The number of para-hydroxylation sites is 1. The zero-order valence-corrected chi connectivity index (χ0v) is 16.2. The number of carbonyl (C=O) groups excluding carboxylic acids is 1. The van der Waals surface area contributed by atoms with E-state index < -0.39 is 0 Å². The molecule has 25 heavy (non-hydrogen) atoms. The highest BCUT2D eigenvalue weighted by atomic mass is 35.5. The minimum absolute atomic E-state index is 0.266. The smallest absolute Gasteiger partial charge is 0.269 e. The standard InChI is InChI=1S/C19H17ClN2OS2/c1-3-12-8-6-7-11(2)16(12)21-19(24)22-18(23)17-15(20)13-9-4-5-10-14(13)25-17/h4-10H,3H2,1-2H3,(H2,21,22,23,24). The maximum atomic E-state index is 12.6. The summed E-state index contributed by atoms with van der Waals surface area (Å²) in [6, 6.07) is 13.7. The fourth-order valence-corrected chi connectivity index (χ4v) is 4.27. The van der Waals surface area contributed by atoms with Gasteiger partial charge in [-0.3, -0.25) is 10.1 Å². The Morgan fingerprint density at radius 2 is 1.96 bits per heavy atom. The second-order valence-electron chi connectivity index (χ2n) is 5.61. The van der Waals surface area contributed by atoms with E-state index in [1.807, 2.05) is 49.4 Å². The number of rotatable bonds is 3. The van der Waals surface area contributed by atoms with Crippen molar-refractivity contribution in [3.05, 3.63) is 63.5 Å². The van der Waals surface area contributed by atoms with Gasteiger partial charge in [-0.2, -0.15) is 0 Å². The molecule has 3 rings (SSSR count). The van der Waals surface area contributed by atoms with Crippen molar-refractivity contribution in [1.82, 2.24) is 5.32 Å². The lowest BCUT2D eigenvalue weighted by Crippen LogP contribution is -2.34. The third-order valence-electron chi connectivity index (χ3n) is 3.95. The number of fused-ring (bicyclic) bond motifs is 1. The van der Waals surface area contributed by atoms with E-state index in [0.717, 1.165) is 33.3 Å². The van der Waals surface area contributed by atoms with E-state index in [-0.39, 0.29) is 11.0 Å². The molecule has 3 aromatic rings. The number of hydrogen-bond donors (Lipinski definition) is 2. The first-order valence-electron chi connectivity index (χ1n) is 7.89. The SMILES string of the molecule is CCc1cccc(C)c1NC(=S)NC(=O)c1sc2ccccc2c1Cl. The van der Waals surface area contributed by atoms with Crippen LogP contribution in [0.1, 0.15) is 27.7 Å². The lowest BCUT2D eigenvalue weighted by atomic mass is 10.1. The Labute approximate surface area is 161 Å². The highest BCUT2D eigenvalue weighted by Crippen LogP contribution is 2.35. The summed E-state index contributed by atoms with van der Waals surface area (Å²) in [6.07, 6.45) is 0.878. The fraction of sp³-hybridized carbons (Fsp3) is 0.158. The molecule has 1 amide bonds. The average molecular weight is 389 g/mol. The number of thiophene rings is 1. The number of hydrogen-bond acceptors (Lipinski definition) is 3. The Kier molecular flexibility index (Phi) is 5.37. The lowest BCUT2D eigenvalue weighted by Gasteiger charge is -2.15. The van der Waals surface area contributed by atoms with Crippen molar-refractivity contribution in [2.24, 2.45) is 0 Å². The number of thiocarbonyl (C=S) groups is 1. The van der Waals surface area contributed by atoms with Gasteiger partial charge in [0, 0.05) is 15.8 Å². The van der Waals surface area contributed by atoms with Crippen LogP contribution in [0.15, 0.2) is 42.5 Å². The summed E-state index contributed by atoms with van der Waals surface area (Å²) < 4.78 is 0.976. The highest BCUT2D eigenvalue weighted by Gasteiger charge is 2.18. The number of anilines is 1. The normalized spacial score (nSPS) is 10.7. The van der Waals surface area contributed by atoms with Gasteiger partial charge in [0.15, 0.2) is 5.11 Å². The molecule has 0 radical (unpaired) electrons. The minimum Gasteiger partial charge on any atom is -0.332 e. The number of halogens is 1. The largest absolute Gasteiger partial charge is 0.332 e. The van der Waals surface area contributed by atoms with Gasteiger partial charge in [-0.05, 0) is 42.8 Å². The molecule has 128 valence electrons. The fourth-order valence-electron chi connectivity index (χ4n) is 2.67. The lowest BCUT2D eigenvalue weighted by molar-refractivity contribution is 0.0982. The van der Waals surface area contributed by atoms with Crippen molar-refractivity contribution < 1.29 is 4.79 Å². The second kappa shape index (κ2) is 7.52. The summed E-state index contributed by atoms with van der Waals surface area (Å²) in [6.45, 7) is 4.09. The molecule has 0 aliphatic carbocycles. The molecule has 2 N–H and O–H groups in total. The first kappa shape index (κ1) is 17.9. The zero-order valence-electron chi connectivity index (χ0n) is 13.9. The molecule has 3 nitrogen and oxygen atoms in total. The molecule has 0 saturated heterocycles. The van der Waals surface area contributed by atoms with E-state index in [4.69, 9.17) is 23.8 Å². The molecule has 0 atom stereocenters. The summed E-state index contributed by atoms with van der Waals surface area (Å²) >= 11 is 13.0. The molecule has 0 bridgehead atoms. The Morgan fingerprint density at radius 1 is 1.20 bits per heavy atom. The van der Waals surface area contributed by atoms with Crippen molar-refractivity contribution in [3.63, 3.8) is 0 Å². The van der Waals surface area contributed by atoms with Gasteiger partial charge >= 0.3 is 0 Å². The topological polar surface area (TPSA) is 41.1 Å². The molecule has 6 heteroatoms. The summed E-state index contributed by atoms with van der Waals surface area (Å²) in [4.78, 5) is 13.0. The molecule has 0 aliphatic heterocycles. The van der Waals surface area contributed by atoms with Gasteiger partial charge in [-0.1, -0.05) is 54.9 Å². The third-order valence-corrected chi connectivity index (χ3v) is 5.83. The molecule has 0 fully saturated rings. The number of aryl methyl sites for hydroxylation is 2. The Bertz CT molecular complexity index is 965. The molecule has 0 saturated carbocycles. The van der Waals surface area contributed by atoms with Crippen LogP contribution in [-0.2, 0) is 6.42 Å². The van der Waals surface area contributed by atoms with Crippen LogP contribution in [0, 0.1) is 6.92 Å². The predicted molar refractivity (Wildman–Crippen MR) is 111 cm³/mol. The van der Waals surface area contributed by atoms with E-state index >= 15 is 0 Å². The Hall–Kier alpha value is -1.95. The van der Waals surface area contributed by atoms with Gasteiger partial charge in [0.2, 0.25) is 0 Å². The van der Waals surface area contributed by atoms with Crippen LogP contribution in [-0.4, -0.2) is 11.0 Å². The number of amides is 1. The van der Waals surface area contributed by atoms with Crippen molar-refractivity contribution in [3.8, 4) is 0 Å². The maximum absolute atomic E-state index is 12.6. The quantitative estimate of drug-likeness (QED) is 0.578.